The molecule has 1 aliphatic rings. The number of rotatable bonds is 3. The third-order valence-electron chi connectivity index (χ3n) is 7.12. The largest absolute Gasteiger partial charge is 0.184 e. The van der Waals surface area contributed by atoms with Crippen molar-refractivity contribution in [3.8, 4) is 33.4 Å². The van der Waals surface area contributed by atoms with E-state index in [0.717, 1.165) is 15.9 Å². The molecule has 0 unspecified atom stereocenters. The molecule has 6 aromatic rings. The van der Waals surface area contributed by atoms with Crippen LogP contribution in [-0.4, -0.2) is 9.52 Å². The molecule has 0 aromatic heterocycles. The van der Waals surface area contributed by atoms with Crippen LogP contribution in [0.15, 0.2) is 121 Å². The van der Waals surface area contributed by atoms with Gasteiger partial charge in [-0.25, -0.2) is 0 Å². The van der Waals surface area contributed by atoms with Gasteiger partial charge in [-0.15, -0.1) is 40.1 Å². The fourth-order valence-electron chi connectivity index (χ4n) is 5.39. The molecule has 0 fully saturated rings. The van der Waals surface area contributed by atoms with Crippen LogP contribution in [0, 0.1) is 13.0 Å². The van der Waals surface area contributed by atoms with Gasteiger partial charge >= 0.3 is 37.9 Å². The molecule has 1 heterocycles. The normalized spacial score (nSPS) is 10.9. The minimum Gasteiger partial charge on any atom is -0.184 e. The SMILES string of the molecule is CCc1ccc2[cH-]c(C)cc2c1-c1ccccc1-c1ccccc1.[Cl][Zr+2][Cl].[c-]1cccc2c1[Si]c1ccccc1-2. The summed E-state index contributed by atoms with van der Waals surface area (Å²) in [5, 5.41) is 5.53. The maximum absolute atomic E-state index is 4.93. The van der Waals surface area contributed by atoms with E-state index in [1.165, 1.54) is 65.7 Å². The van der Waals surface area contributed by atoms with Gasteiger partial charge in [0.1, 0.15) is 0 Å². The first kappa shape index (κ1) is 28.9. The number of fused-ring (bicyclic) bond motifs is 4. The first-order chi connectivity index (χ1) is 19.6. The summed E-state index contributed by atoms with van der Waals surface area (Å²) < 4.78 is 0. The standard InChI is InChI=1S/C24H21.C12H7Si.2ClH.Zr/c1-3-18-13-14-20-15-17(2)16-23(20)24(18)22-12-8-7-11-21(22)19-9-5-4-6-10-19;1-3-7-11-9(5-1)10-6-2-4-8-12(10)13-11;;;/h4-16H,3H2,1-2H3;1-7H;2*1H;/q2*-1;;;+4/p-2. The molecule has 0 saturated carbocycles. The number of benzene rings is 5. The average molecular weight is 651 g/mol. The van der Waals surface area contributed by atoms with E-state index in [4.69, 9.17) is 17.0 Å². The molecule has 7 rings (SSSR count). The fraction of sp³-hybridized carbons (Fsp3) is 0.0833. The number of hydrogen-bond acceptors (Lipinski definition) is 0. The van der Waals surface area contributed by atoms with Gasteiger partial charge in [0, 0.05) is 0 Å². The number of aryl methyl sites for hydroxylation is 2. The van der Waals surface area contributed by atoms with Gasteiger partial charge in [-0.3, -0.25) is 0 Å². The van der Waals surface area contributed by atoms with Crippen molar-refractivity contribution in [1.29, 1.82) is 0 Å². The van der Waals surface area contributed by atoms with E-state index < -0.39 is 20.8 Å². The monoisotopic (exact) mass is 648 g/mol. The van der Waals surface area contributed by atoms with E-state index in [2.05, 4.69) is 135 Å². The summed E-state index contributed by atoms with van der Waals surface area (Å²) >= 11 is -0.826. The second-order valence-electron chi connectivity index (χ2n) is 9.60. The van der Waals surface area contributed by atoms with Crippen molar-refractivity contribution < 1.29 is 20.8 Å². The van der Waals surface area contributed by atoms with Crippen LogP contribution in [-0.2, 0) is 27.3 Å². The van der Waals surface area contributed by atoms with Crippen LogP contribution in [0.3, 0.4) is 0 Å². The topological polar surface area (TPSA) is 0 Å². The first-order valence-electron chi connectivity index (χ1n) is 13.3. The van der Waals surface area contributed by atoms with Gasteiger partial charge in [0.15, 0.2) is 0 Å². The smallest absolute Gasteiger partial charge is 0.0920 e. The summed E-state index contributed by atoms with van der Waals surface area (Å²) in [5.41, 5.74) is 10.8. The van der Waals surface area contributed by atoms with Crippen LogP contribution in [0.4, 0.5) is 0 Å². The van der Waals surface area contributed by atoms with Crippen LogP contribution in [0.1, 0.15) is 18.1 Å². The molecule has 194 valence electrons. The molecule has 0 N–H and O–H groups in total. The Kier molecular flexibility index (Phi) is 10.00. The first-order valence-corrected chi connectivity index (χ1v) is 20.6. The van der Waals surface area contributed by atoms with Gasteiger partial charge in [0.05, 0.1) is 9.52 Å². The second kappa shape index (κ2) is 13.8. The minimum atomic E-state index is -0.826. The molecule has 4 heteroatoms. The zero-order chi connectivity index (χ0) is 27.9. The number of halogens is 2. The maximum atomic E-state index is 4.93. The molecule has 0 aliphatic carbocycles. The molecule has 40 heavy (non-hydrogen) atoms. The Morgan fingerprint density at radius 3 is 2.15 bits per heavy atom. The van der Waals surface area contributed by atoms with Crippen molar-refractivity contribution in [3.05, 3.63) is 139 Å². The Labute approximate surface area is 258 Å². The molecule has 0 spiro atoms. The summed E-state index contributed by atoms with van der Waals surface area (Å²) in [6, 6.07) is 46.8. The van der Waals surface area contributed by atoms with Crippen molar-refractivity contribution in [2.45, 2.75) is 20.3 Å². The molecule has 6 aromatic carbocycles. The second-order valence-corrected chi connectivity index (χ2v) is 14.6. The fourth-order valence-corrected chi connectivity index (χ4v) is 6.70. The van der Waals surface area contributed by atoms with Gasteiger partial charge in [-0.05, 0) is 23.1 Å². The molecular weight excluding hydrogens is 623 g/mol. The van der Waals surface area contributed by atoms with Crippen molar-refractivity contribution in [1.82, 2.24) is 0 Å². The Balaban J connectivity index is 0.000000168. The van der Waals surface area contributed by atoms with E-state index in [1.54, 1.807) is 0 Å². The average Bonchev–Trinajstić information content (AvgIpc) is 3.57. The summed E-state index contributed by atoms with van der Waals surface area (Å²) in [4.78, 5) is 0. The molecule has 1 aliphatic heterocycles. The van der Waals surface area contributed by atoms with Crippen molar-refractivity contribution >= 4 is 47.7 Å². The zero-order valence-corrected chi connectivity index (χ0v) is 27.5. The van der Waals surface area contributed by atoms with Crippen molar-refractivity contribution in [3.63, 3.8) is 0 Å². The van der Waals surface area contributed by atoms with Crippen LogP contribution in [0.2, 0.25) is 0 Å². The minimum absolute atomic E-state index is 0.795. The predicted octanol–water partition coefficient (Wildman–Crippen LogP) is 9.26. The molecule has 0 nitrogen and oxygen atoms in total. The van der Waals surface area contributed by atoms with E-state index in [-0.39, 0.29) is 0 Å². The number of hydrogen-bond donors (Lipinski definition) is 0. The van der Waals surface area contributed by atoms with E-state index in [1.807, 2.05) is 6.07 Å². The van der Waals surface area contributed by atoms with E-state index in [0.29, 0.717) is 0 Å². The van der Waals surface area contributed by atoms with Gasteiger partial charge in [0.25, 0.3) is 0 Å². The molecule has 0 bridgehead atoms. The van der Waals surface area contributed by atoms with E-state index in [9.17, 15) is 0 Å². The van der Waals surface area contributed by atoms with Crippen molar-refractivity contribution in [2.75, 3.05) is 0 Å². The molecule has 0 atom stereocenters. The van der Waals surface area contributed by atoms with Gasteiger partial charge in [0.2, 0.25) is 0 Å². The van der Waals surface area contributed by atoms with Gasteiger partial charge in [-0.1, -0.05) is 115 Å². The molecule has 0 amide bonds. The van der Waals surface area contributed by atoms with Crippen LogP contribution in [0.25, 0.3) is 44.2 Å². The quantitative estimate of drug-likeness (QED) is 0.132. The summed E-state index contributed by atoms with van der Waals surface area (Å²) in [6.07, 6.45) is 1.04. The van der Waals surface area contributed by atoms with Crippen molar-refractivity contribution in [2.24, 2.45) is 0 Å². The maximum Gasteiger partial charge on any atom is 0.0920 e. The third-order valence-corrected chi connectivity index (χ3v) is 8.48. The molecule has 2 radical (unpaired) electrons. The molecular formula is C36H28Cl2SiZr. The zero-order valence-electron chi connectivity index (χ0n) is 22.5. The predicted molar refractivity (Wildman–Crippen MR) is 172 cm³/mol. The van der Waals surface area contributed by atoms with Crippen LogP contribution >= 0.6 is 17.0 Å². The Morgan fingerprint density at radius 1 is 0.750 bits per heavy atom. The summed E-state index contributed by atoms with van der Waals surface area (Å²) in [6.45, 7) is 4.42. The van der Waals surface area contributed by atoms with Crippen LogP contribution in [0.5, 0.6) is 0 Å². The van der Waals surface area contributed by atoms with Crippen LogP contribution < -0.4 is 10.4 Å². The Hall–Kier alpha value is -2.61. The van der Waals surface area contributed by atoms with Gasteiger partial charge in [-0.2, -0.15) is 35.5 Å². The Morgan fingerprint density at radius 2 is 1.40 bits per heavy atom. The molecule has 0 saturated heterocycles. The third kappa shape index (κ3) is 6.32. The van der Waals surface area contributed by atoms with E-state index >= 15 is 0 Å². The van der Waals surface area contributed by atoms with Gasteiger partial charge < -0.3 is 0 Å². The summed E-state index contributed by atoms with van der Waals surface area (Å²) in [7, 11) is 10.7. The Bertz CT molecular complexity index is 1680. The summed E-state index contributed by atoms with van der Waals surface area (Å²) in [5.74, 6) is 0.